The average Bonchev–Trinajstić information content (AvgIpc) is 2.15. The predicted octanol–water partition coefficient (Wildman–Crippen LogP) is 1.87. The van der Waals surface area contributed by atoms with Gasteiger partial charge in [0.2, 0.25) is 0 Å². The van der Waals surface area contributed by atoms with Crippen LogP contribution >= 0.6 is 0 Å². The number of alkyl halides is 3. The Hall–Kier alpha value is -1.72. The molecule has 0 unspecified atom stereocenters. The summed E-state index contributed by atoms with van der Waals surface area (Å²) in [7, 11) is 3.24. The summed E-state index contributed by atoms with van der Waals surface area (Å²) in [6, 6.07) is 2.91. The van der Waals surface area contributed by atoms with E-state index in [0.717, 1.165) is 12.1 Å². The number of nitrogens with zero attached hydrogens (tertiary/aromatic N) is 1. The molecule has 0 aliphatic heterocycles. The van der Waals surface area contributed by atoms with Crippen molar-refractivity contribution in [1.82, 2.24) is 0 Å². The highest BCUT2D eigenvalue weighted by Crippen LogP contribution is 2.32. The number of carbonyl (C=O) groups is 1. The lowest BCUT2D eigenvalue weighted by Crippen LogP contribution is -2.20. The van der Waals surface area contributed by atoms with Crippen molar-refractivity contribution in [3.05, 3.63) is 29.3 Å². The number of hydrogen-bond acceptors (Lipinski definition) is 2. The second-order valence-corrected chi connectivity index (χ2v) is 3.49. The zero-order chi connectivity index (χ0) is 12.5. The third-order valence-corrected chi connectivity index (χ3v) is 2.07. The number of primary amides is 1. The zero-order valence-corrected chi connectivity index (χ0v) is 8.80. The van der Waals surface area contributed by atoms with Gasteiger partial charge in [0.25, 0.3) is 5.91 Å². The standard InChI is InChI=1S/C10H11F3N2O/c1-15(2)8-4-3-6(10(11,12)13)5-7(8)9(14)16/h3-5H,1-2H3,(H2,14,16). The Kier molecular flexibility index (Phi) is 3.11. The molecule has 0 saturated heterocycles. The molecule has 0 aliphatic rings. The fourth-order valence-corrected chi connectivity index (χ4v) is 1.30. The molecule has 16 heavy (non-hydrogen) atoms. The molecular weight excluding hydrogens is 221 g/mol. The topological polar surface area (TPSA) is 46.3 Å². The van der Waals surface area contributed by atoms with E-state index in [0.29, 0.717) is 5.69 Å². The van der Waals surface area contributed by atoms with Gasteiger partial charge < -0.3 is 10.6 Å². The molecule has 6 heteroatoms. The Bertz CT molecular complexity index is 413. The van der Waals surface area contributed by atoms with Crippen LogP contribution in [-0.4, -0.2) is 20.0 Å². The van der Waals surface area contributed by atoms with E-state index in [4.69, 9.17) is 5.73 Å². The second-order valence-electron chi connectivity index (χ2n) is 3.49. The summed E-state index contributed by atoms with van der Waals surface area (Å²) >= 11 is 0. The van der Waals surface area contributed by atoms with E-state index in [1.54, 1.807) is 14.1 Å². The zero-order valence-electron chi connectivity index (χ0n) is 8.80. The van der Waals surface area contributed by atoms with Gasteiger partial charge in [-0.25, -0.2) is 0 Å². The largest absolute Gasteiger partial charge is 0.416 e. The highest BCUT2D eigenvalue weighted by molar-refractivity contribution is 5.98. The van der Waals surface area contributed by atoms with Crippen LogP contribution in [0.2, 0.25) is 0 Å². The van der Waals surface area contributed by atoms with Crippen LogP contribution in [0.5, 0.6) is 0 Å². The Morgan fingerprint density at radius 1 is 1.31 bits per heavy atom. The summed E-state index contributed by atoms with van der Waals surface area (Å²) in [5.74, 6) is -0.880. The van der Waals surface area contributed by atoms with Gasteiger partial charge in [0.05, 0.1) is 11.1 Å². The smallest absolute Gasteiger partial charge is 0.377 e. The highest BCUT2D eigenvalue weighted by Gasteiger charge is 2.31. The van der Waals surface area contributed by atoms with Gasteiger partial charge in [-0.3, -0.25) is 4.79 Å². The molecule has 0 heterocycles. The summed E-state index contributed by atoms with van der Waals surface area (Å²) in [5, 5.41) is 0. The predicted molar refractivity (Wildman–Crippen MR) is 54.3 cm³/mol. The van der Waals surface area contributed by atoms with E-state index in [2.05, 4.69) is 0 Å². The van der Waals surface area contributed by atoms with Crippen LogP contribution in [-0.2, 0) is 6.18 Å². The number of amides is 1. The first-order valence-corrected chi connectivity index (χ1v) is 4.42. The molecule has 0 bridgehead atoms. The van der Waals surface area contributed by atoms with Crippen LogP contribution in [0, 0.1) is 0 Å². The van der Waals surface area contributed by atoms with Crippen molar-refractivity contribution in [2.45, 2.75) is 6.18 Å². The van der Waals surface area contributed by atoms with Crippen molar-refractivity contribution in [3.8, 4) is 0 Å². The number of anilines is 1. The van der Waals surface area contributed by atoms with Crippen molar-refractivity contribution in [2.24, 2.45) is 5.73 Å². The number of hydrogen-bond donors (Lipinski definition) is 1. The lowest BCUT2D eigenvalue weighted by molar-refractivity contribution is -0.137. The number of carbonyl (C=O) groups excluding carboxylic acids is 1. The van der Waals surface area contributed by atoms with Crippen LogP contribution in [0.15, 0.2) is 18.2 Å². The molecule has 0 aliphatic carbocycles. The van der Waals surface area contributed by atoms with Crippen LogP contribution in [0.4, 0.5) is 18.9 Å². The Morgan fingerprint density at radius 2 is 1.88 bits per heavy atom. The molecule has 1 aromatic carbocycles. The molecule has 0 aromatic heterocycles. The van der Waals surface area contributed by atoms with Gasteiger partial charge in [-0.15, -0.1) is 0 Å². The second kappa shape index (κ2) is 4.03. The molecule has 2 N–H and O–H groups in total. The van der Waals surface area contributed by atoms with Crippen molar-refractivity contribution >= 4 is 11.6 Å². The first kappa shape index (κ1) is 12.4. The van der Waals surface area contributed by atoms with Gasteiger partial charge >= 0.3 is 6.18 Å². The maximum atomic E-state index is 12.4. The minimum atomic E-state index is -4.48. The molecule has 88 valence electrons. The maximum absolute atomic E-state index is 12.4. The van der Waals surface area contributed by atoms with Crippen LogP contribution in [0.25, 0.3) is 0 Å². The number of rotatable bonds is 2. The van der Waals surface area contributed by atoms with E-state index in [1.807, 2.05) is 0 Å². The molecule has 0 spiro atoms. The molecule has 0 radical (unpaired) electrons. The number of benzene rings is 1. The van der Waals surface area contributed by atoms with Gasteiger partial charge in [-0.05, 0) is 18.2 Å². The summed E-state index contributed by atoms with van der Waals surface area (Å²) in [6.07, 6.45) is -4.48. The summed E-state index contributed by atoms with van der Waals surface area (Å²) in [6.45, 7) is 0. The quantitative estimate of drug-likeness (QED) is 0.846. The van der Waals surface area contributed by atoms with Crippen LogP contribution in [0.3, 0.4) is 0 Å². The van der Waals surface area contributed by atoms with Gasteiger partial charge in [-0.1, -0.05) is 0 Å². The molecule has 0 saturated carbocycles. The SMILES string of the molecule is CN(C)c1ccc(C(F)(F)F)cc1C(N)=O. The summed E-state index contributed by atoms with van der Waals surface area (Å²) in [4.78, 5) is 12.6. The molecule has 1 amide bonds. The van der Waals surface area contributed by atoms with E-state index in [1.165, 1.54) is 11.0 Å². The lowest BCUT2D eigenvalue weighted by atomic mass is 10.1. The molecule has 1 rings (SSSR count). The van der Waals surface area contributed by atoms with Gasteiger partial charge in [0.15, 0.2) is 0 Å². The fourth-order valence-electron chi connectivity index (χ4n) is 1.30. The molecule has 0 atom stereocenters. The number of halogens is 3. The normalized spacial score (nSPS) is 11.3. The monoisotopic (exact) mass is 232 g/mol. The van der Waals surface area contributed by atoms with Gasteiger partial charge in [-0.2, -0.15) is 13.2 Å². The fraction of sp³-hybridized carbons (Fsp3) is 0.300. The van der Waals surface area contributed by atoms with Crippen molar-refractivity contribution < 1.29 is 18.0 Å². The van der Waals surface area contributed by atoms with Crippen molar-refractivity contribution in [1.29, 1.82) is 0 Å². The molecule has 3 nitrogen and oxygen atoms in total. The van der Waals surface area contributed by atoms with E-state index < -0.39 is 17.6 Å². The Labute approximate surface area is 90.6 Å². The first-order chi connectivity index (χ1) is 7.23. The average molecular weight is 232 g/mol. The third kappa shape index (κ3) is 2.44. The molecule has 0 fully saturated rings. The van der Waals surface area contributed by atoms with Crippen molar-refractivity contribution in [2.75, 3.05) is 19.0 Å². The lowest BCUT2D eigenvalue weighted by Gasteiger charge is -2.17. The Morgan fingerprint density at radius 3 is 2.25 bits per heavy atom. The third-order valence-electron chi connectivity index (χ3n) is 2.07. The first-order valence-electron chi connectivity index (χ1n) is 4.42. The van der Waals surface area contributed by atoms with Gasteiger partial charge in [0.1, 0.15) is 0 Å². The Balaban J connectivity index is 3.34. The minimum Gasteiger partial charge on any atom is -0.377 e. The highest BCUT2D eigenvalue weighted by atomic mass is 19.4. The molecular formula is C10H11F3N2O. The van der Waals surface area contributed by atoms with E-state index in [9.17, 15) is 18.0 Å². The molecule has 1 aromatic rings. The number of nitrogens with two attached hydrogens (primary N) is 1. The van der Waals surface area contributed by atoms with Crippen LogP contribution < -0.4 is 10.6 Å². The van der Waals surface area contributed by atoms with E-state index in [-0.39, 0.29) is 5.56 Å². The summed E-state index contributed by atoms with van der Waals surface area (Å²) in [5.41, 5.74) is 4.37. The minimum absolute atomic E-state index is 0.139. The van der Waals surface area contributed by atoms with Crippen LogP contribution in [0.1, 0.15) is 15.9 Å². The maximum Gasteiger partial charge on any atom is 0.416 e. The van der Waals surface area contributed by atoms with Gasteiger partial charge in [0, 0.05) is 19.8 Å². The van der Waals surface area contributed by atoms with E-state index >= 15 is 0 Å². The van der Waals surface area contributed by atoms with Crippen molar-refractivity contribution in [3.63, 3.8) is 0 Å². The summed E-state index contributed by atoms with van der Waals surface area (Å²) < 4.78 is 37.2.